The van der Waals surface area contributed by atoms with Gasteiger partial charge in [0.2, 0.25) is 0 Å². The molecule has 102 valence electrons. The van der Waals surface area contributed by atoms with Crippen LogP contribution in [0, 0.1) is 0 Å². The van der Waals surface area contributed by atoms with Gasteiger partial charge in [0, 0.05) is 23.9 Å². The Morgan fingerprint density at radius 3 is 3.37 bits per heavy atom. The van der Waals surface area contributed by atoms with E-state index in [1.165, 1.54) is 18.5 Å². The summed E-state index contributed by atoms with van der Waals surface area (Å²) in [4.78, 5) is 16.8. The smallest absolute Gasteiger partial charge is 0.305 e. The molecule has 0 aliphatic carbocycles. The lowest BCUT2D eigenvalue weighted by Crippen LogP contribution is -2.11. The van der Waals surface area contributed by atoms with Crippen LogP contribution >= 0.6 is 11.3 Å². The molecule has 0 unspecified atom stereocenters. The zero-order valence-corrected chi connectivity index (χ0v) is 11.7. The van der Waals surface area contributed by atoms with E-state index in [0.717, 1.165) is 36.5 Å². The molecule has 19 heavy (non-hydrogen) atoms. The summed E-state index contributed by atoms with van der Waals surface area (Å²) in [5.74, 6) is -0.150. The topological polar surface area (TPSA) is 52.8 Å². The molecule has 0 saturated heterocycles. The third-order valence-electron chi connectivity index (χ3n) is 3.38. The number of methoxy groups -OCH3 is 1. The van der Waals surface area contributed by atoms with E-state index in [4.69, 9.17) is 4.74 Å². The zero-order valence-electron chi connectivity index (χ0n) is 10.8. The number of carbonyl (C=O) groups is 1. The molecule has 0 N–H and O–H groups in total. The van der Waals surface area contributed by atoms with Crippen LogP contribution in [0.3, 0.4) is 0 Å². The summed E-state index contributed by atoms with van der Waals surface area (Å²) in [6.07, 6.45) is 3.01. The van der Waals surface area contributed by atoms with E-state index in [-0.39, 0.29) is 5.97 Å². The van der Waals surface area contributed by atoms with Gasteiger partial charge < -0.3 is 9.47 Å². The van der Waals surface area contributed by atoms with Crippen molar-refractivity contribution in [3.8, 4) is 0 Å². The normalized spacial score (nSPS) is 14.6. The second kappa shape index (κ2) is 5.30. The average molecular weight is 280 g/mol. The van der Waals surface area contributed by atoms with E-state index in [1.54, 1.807) is 11.3 Å². The van der Waals surface area contributed by atoms with Gasteiger partial charge in [-0.25, -0.2) is 4.98 Å². The first-order valence-electron chi connectivity index (χ1n) is 6.40. The fourth-order valence-electron chi connectivity index (χ4n) is 2.40. The first kappa shape index (κ1) is 12.6. The number of rotatable bonds is 4. The molecule has 0 bridgehead atoms. The van der Waals surface area contributed by atoms with Crippen molar-refractivity contribution in [2.24, 2.45) is 0 Å². The van der Waals surface area contributed by atoms with E-state index in [0.29, 0.717) is 13.0 Å². The number of imidazole rings is 1. The monoisotopic (exact) mass is 280 g/mol. The largest absolute Gasteiger partial charge is 0.469 e. The first-order chi connectivity index (χ1) is 9.29. The third-order valence-corrected chi connectivity index (χ3v) is 4.25. The molecule has 6 heteroatoms. The van der Waals surface area contributed by atoms with E-state index < -0.39 is 0 Å². The third kappa shape index (κ3) is 2.37. The summed E-state index contributed by atoms with van der Waals surface area (Å²) >= 11 is 1.65. The summed E-state index contributed by atoms with van der Waals surface area (Å²) in [6, 6.07) is 0. The number of ether oxygens (including phenoxy) is 2. The molecule has 0 radical (unpaired) electrons. The Kier molecular flexibility index (Phi) is 3.52. The van der Waals surface area contributed by atoms with Crippen LogP contribution in [0.25, 0.3) is 4.96 Å². The lowest BCUT2D eigenvalue weighted by Gasteiger charge is -2.12. The van der Waals surface area contributed by atoms with Crippen molar-refractivity contribution in [1.29, 1.82) is 0 Å². The van der Waals surface area contributed by atoms with Crippen LogP contribution in [-0.4, -0.2) is 29.1 Å². The molecule has 2 aromatic rings. The number of nitrogens with zero attached hydrogens (tertiary/aromatic N) is 2. The molecular formula is C13H16N2O3S. The van der Waals surface area contributed by atoms with E-state index in [1.807, 2.05) is 0 Å². The van der Waals surface area contributed by atoms with Gasteiger partial charge in [-0.15, -0.1) is 11.3 Å². The molecule has 0 aromatic carbocycles. The van der Waals surface area contributed by atoms with Gasteiger partial charge in [0.1, 0.15) is 0 Å². The van der Waals surface area contributed by atoms with Crippen molar-refractivity contribution < 1.29 is 14.3 Å². The van der Waals surface area contributed by atoms with Crippen LogP contribution in [0.4, 0.5) is 0 Å². The Bertz CT molecular complexity index is 602. The van der Waals surface area contributed by atoms with Gasteiger partial charge >= 0.3 is 5.97 Å². The van der Waals surface area contributed by atoms with Crippen LogP contribution in [0.15, 0.2) is 5.38 Å². The zero-order chi connectivity index (χ0) is 13.2. The molecular weight excluding hydrogens is 264 g/mol. The van der Waals surface area contributed by atoms with Crippen LogP contribution in [0.5, 0.6) is 0 Å². The van der Waals surface area contributed by atoms with Crippen molar-refractivity contribution in [2.75, 3.05) is 13.7 Å². The Morgan fingerprint density at radius 2 is 2.53 bits per heavy atom. The molecule has 0 fully saturated rings. The highest BCUT2D eigenvalue weighted by Gasteiger charge is 2.19. The van der Waals surface area contributed by atoms with Gasteiger partial charge in [0.25, 0.3) is 0 Å². The quantitative estimate of drug-likeness (QED) is 0.803. The standard InChI is InChI=1S/C13H16N2O3S/c1-17-12(16)4-2-3-9-8-19-13-14-10-5-6-18-7-11(10)15(9)13/h8H,2-7H2,1H3. The summed E-state index contributed by atoms with van der Waals surface area (Å²) in [5.41, 5.74) is 3.55. The van der Waals surface area contributed by atoms with Crippen molar-refractivity contribution >= 4 is 22.3 Å². The molecule has 0 atom stereocenters. The highest BCUT2D eigenvalue weighted by Crippen LogP contribution is 2.25. The van der Waals surface area contributed by atoms with Gasteiger partial charge in [0.15, 0.2) is 4.96 Å². The van der Waals surface area contributed by atoms with Crippen LogP contribution in [0.1, 0.15) is 29.9 Å². The number of fused-ring (bicyclic) bond motifs is 3. The Balaban J connectivity index is 1.80. The molecule has 1 aliphatic heterocycles. The summed E-state index contributed by atoms with van der Waals surface area (Å²) in [7, 11) is 1.43. The van der Waals surface area contributed by atoms with E-state index in [2.05, 4.69) is 19.5 Å². The van der Waals surface area contributed by atoms with Gasteiger partial charge in [-0.1, -0.05) is 0 Å². The van der Waals surface area contributed by atoms with Gasteiger partial charge in [0.05, 0.1) is 31.7 Å². The van der Waals surface area contributed by atoms with Crippen molar-refractivity contribution in [3.05, 3.63) is 22.5 Å². The maximum absolute atomic E-state index is 11.1. The highest BCUT2D eigenvalue weighted by molar-refractivity contribution is 7.15. The lowest BCUT2D eigenvalue weighted by molar-refractivity contribution is -0.140. The van der Waals surface area contributed by atoms with Crippen molar-refractivity contribution in [3.63, 3.8) is 0 Å². The number of esters is 1. The van der Waals surface area contributed by atoms with Gasteiger partial charge in [-0.05, 0) is 12.8 Å². The summed E-state index contributed by atoms with van der Waals surface area (Å²) in [6.45, 7) is 1.40. The second-order valence-electron chi connectivity index (χ2n) is 4.58. The number of thiazole rings is 1. The summed E-state index contributed by atoms with van der Waals surface area (Å²) in [5, 5.41) is 2.12. The Morgan fingerprint density at radius 1 is 1.63 bits per heavy atom. The van der Waals surface area contributed by atoms with Crippen LogP contribution in [-0.2, 0) is 33.7 Å². The minimum atomic E-state index is -0.150. The number of aromatic nitrogens is 2. The maximum Gasteiger partial charge on any atom is 0.305 e. The van der Waals surface area contributed by atoms with Gasteiger partial charge in [-0.2, -0.15) is 0 Å². The average Bonchev–Trinajstić information content (AvgIpc) is 2.98. The fraction of sp³-hybridized carbons (Fsp3) is 0.538. The predicted octanol–water partition coefficient (Wildman–Crippen LogP) is 1.96. The number of hydrogen-bond acceptors (Lipinski definition) is 5. The lowest BCUT2D eigenvalue weighted by atomic mass is 10.2. The number of aryl methyl sites for hydroxylation is 1. The second-order valence-corrected chi connectivity index (χ2v) is 5.42. The minimum Gasteiger partial charge on any atom is -0.469 e. The van der Waals surface area contributed by atoms with E-state index in [9.17, 15) is 4.79 Å². The fourth-order valence-corrected chi connectivity index (χ4v) is 3.36. The minimum absolute atomic E-state index is 0.150. The summed E-state index contributed by atoms with van der Waals surface area (Å²) < 4.78 is 12.4. The predicted molar refractivity (Wildman–Crippen MR) is 71.4 cm³/mol. The number of carbonyl (C=O) groups excluding carboxylic acids is 1. The van der Waals surface area contributed by atoms with Crippen molar-refractivity contribution in [1.82, 2.24) is 9.38 Å². The SMILES string of the molecule is COC(=O)CCCc1csc2nc3c(n12)COCC3. The van der Waals surface area contributed by atoms with Crippen molar-refractivity contribution in [2.45, 2.75) is 32.3 Å². The number of hydrogen-bond donors (Lipinski definition) is 0. The molecule has 0 amide bonds. The molecule has 5 nitrogen and oxygen atoms in total. The molecule has 0 saturated carbocycles. The molecule has 0 spiro atoms. The molecule has 1 aliphatic rings. The van der Waals surface area contributed by atoms with Crippen LogP contribution < -0.4 is 0 Å². The highest BCUT2D eigenvalue weighted by atomic mass is 32.1. The Labute approximate surface area is 115 Å². The molecule has 3 heterocycles. The van der Waals surface area contributed by atoms with Crippen LogP contribution in [0.2, 0.25) is 0 Å². The molecule has 3 rings (SSSR count). The first-order valence-corrected chi connectivity index (χ1v) is 7.28. The van der Waals surface area contributed by atoms with Gasteiger partial charge in [-0.3, -0.25) is 9.20 Å². The maximum atomic E-state index is 11.1. The van der Waals surface area contributed by atoms with E-state index >= 15 is 0 Å². The molecule has 2 aromatic heterocycles. The Hall–Kier alpha value is -1.40.